The minimum atomic E-state index is -0.0145. The Kier molecular flexibility index (Phi) is 4.98. The number of benzene rings is 1. The van der Waals surface area contributed by atoms with Crippen LogP contribution in [0, 0.1) is 0 Å². The molecule has 8 heteroatoms. The van der Waals surface area contributed by atoms with Gasteiger partial charge in [-0.15, -0.1) is 11.3 Å². The summed E-state index contributed by atoms with van der Waals surface area (Å²) in [5.41, 5.74) is 3.49. The van der Waals surface area contributed by atoms with E-state index in [0.29, 0.717) is 19.2 Å². The maximum atomic E-state index is 5.70. The summed E-state index contributed by atoms with van der Waals surface area (Å²) in [6, 6.07) is 10.0. The zero-order valence-electron chi connectivity index (χ0n) is 16.3. The van der Waals surface area contributed by atoms with E-state index in [-0.39, 0.29) is 6.04 Å². The van der Waals surface area contributed by atoms with Crippen molar-refractivity contribution < 1.29 is 9.47 Å². The molecule has 3 aromatic heterocycles. The number of aromatic nitrogens is 4. The van der Waals surface area contributed by atoms with Gasteiger partial charge in [0.1, 0.15) is 13.2 Å². The Morgan fingerprint density at radius 3 is 2.73 bits per heavy atom. The summed E-state index contributed by atoms with van der Waals surface area (Å²) < 4.78 is 11.3. The molecule has 0 saturated carbocycles. The molecule has 0 amide bonds. The Morgan fingerprint density at radius 2 is 1.93 bits per heavy atom. The van der Waals surface area contributed by atoms with Gasteiger partial charge in [0.05, 0.1) is 28.5 Å². The second-order valence-corrected chi connectivity index (χ2v) is 7.74. The summed E-state index contributed by atoms with van der Waals surface area (Å²) in [5.74, 6) is 2.10. The smallest absolute Gasteiger partial charge is 0.223 e. The van der Waals surface area contributed by atoms with Gasteiger partial charge < -0.3 is 14.8 Å². The fraction of sp³-hybridized carbons (Fsp3) is 0.182. The first-order valence-corrected chi connectivity index (χ1v) is 10.5. The van der Waals surface area contributed by atoms with Gasteiger partial charge in [-0.3, -0.25) is 9.97 Å². The molecule has 1 aliphatic heterocycles. The van der Waals surface area contributed by atoms with E-state index in [1.165, 1.54) is 0 Å². The summed E-state index contributed by atoms with van der Waals surface area (Å²) >= 11 is 1.63. The Balaban J connectivity index is 1.46. The van der Waals surface area contributed by atoms with Gasteiger partial charge in [0.2, 0.25) is 5.95 Å². The highest BCUT2D eigenvalue weighted by atomic mass is 32.1. The van der Waals surface area contributed by atoms with Crippen molar-refractivity contribution in [1.82, 2.24) is 19.9 Å². The first kappa shape index (κ1) is 18.5. The monoisotopic (exact) mass is 417 g/mol. The normalized spacial score (nSPS) is 13.6. The van der Waals surface area contributed by atoms with Crippen LogP contribution in [0.2, 0.25) is 0 Å². The van der Waals surface area contributed by atoms with Crippen molar-refractivity contribution >= 4 is 17.3 Å². The van der Waals surface area contributed by atoms with Crippen molar-refractivity contribution in [2.45, 2.75) is 13.0 Å². The fourth-order valence-electron chi connectivity index (χ4n) is 3.28. The molecule has 0 spiro atoms. The predicted octanol–water partition coefficient (Wildman–Crippen LogP) is 4.61. The molecule has 30 heavy (non-hydrogen) atoms. The van der Waals surface area contributed by atoms with Crippen molar-refractivity contribution in [3.8, 4) is 33.3 Å². The highest BCUT2D eigenvalue weighted by Crippen LogP contribution is 2.35. The molecule has 7 nitrogen and oxygen atoms in total. The van der Waals surface area contributed by atoms with Crippen LogP contribution in [0.15, 0.2) is 60.5 Å². The Bertz CT molecular complexity index is 1150. The molecule has 1 N–H and O–H groups in total. The van der Waals surface area contributed by atoms with Gasteiger partial charge in [0.25, 0.3) is 0 Å². The van der Waals surface area contributed by atoms with E-state index in [2.05, 4.69) is 27.2 Å². The van der Waals surface area contributed by atoms with Gasteiger partial charge in [0.15, 0.2) is 11.5 Å². The lowest BCUT2D eigenvalue weighted by Crippen LogP contribution is -2.16. The number of thiophene rings is 1. The number of anilines is 1. The summed E-state index contributed by atoms with van der Waals surface area (Å²) in [4.78, 5) is 19.0. The number of rotatable bonds is 5. The third-order valence-corrected chi connectivity index (χ3v) is 5.67. The van der Waals surface area contributed by atoms with E-state index in [1.807, 2.05) is 35.7 Å². The van der Waals surface area contributed by atoms with E-state index < -0.39 is 0 Å². The number of hydrogen-bond donors (Lipinski definition) is 1. The molecule has 5 rings (SSSR count). The number of fused-ring (bicyclic) bond motifs is 1. The topological polar surface area (TPSA) is 82.1 Å². The summed E-state index contributed by atoms with van der Waals surface area (Å²) in [7, 11) is 0. The largest absolute Gasteiger partial charge is 0.486 e. The average Bonchev–Trinajstić information content (AvgIpc) is 3.34. The van der Waals surface area contributed by atoms with Crippen LogP contribution in [0.1, 0.15) is 18.5 Å². The SMILES string of the molecule is C[C@@H](Nc1ncc(-c2cnccn2)c(-c2cccs2)n1)c1ccc2c(c1)OCCO2. The van der Waals surface area contributed by atoms with Crippen LogP contribution in [0.3, 0.4) is 0 Å². The second-order valence-electron chi connectivity index (χ2n) is 6.79. The molecule has 150 valence electrons. The maximum absolute atomic E-state index is 5.70. The molecular weight excluding hydrogens is 398 g/mol. The molecule has 0 fully saturated rings. The fourth-order valence-corrected chi connectivity index (χ4v) is 4.01. The first-order valence-electron chi connectivity index (χ1n) is 9.61. The molecule has 1 aliphatic rings. The van der Waals surface area contributed by atoms with E-state index in [0.717, 1.165) is 38.9 Å². The Hall–Kier alpha value is -3.52. The lowest BCUT2D eigenvalue weighted by Gasteiger charge is -2.21. The summed E-state index contributed by atoms with van der Waals surface area (Å²) in [6.07, 6.45) is 6.84. The van der Waals surface area contributed by atoms with Crippen molar-refractivity contribution in [3.05, 3.63) is 66.1 Å². The lowest BCUT2D eigenvalue weighted by molar-refractivity contribution is 0.171. The molecule has 1 atom stereocenters. The molecular formula is C22H19N5O2S. The van der Waals surface area contributed by atoms with Gasteiger partial charge in [-0.05, 0) is 36.1 Å². The van der Waals surface area contributed by atoms with Crippen molar-refractivity contribution in [1.29, 1.82) is 0 Å². The van der Waals surface area contributed by atoms with Crippen LogP contribution in [0.5, 0.6) is 11.5 Å². The number of nitrogens with zero attached hydrogens (tertiary/aromatic N) is 4. The molecule has 0 radical (unpaired) electrons. The first-order chi connectivity index (χ1) is 14.8. The van der Waals surface area contributed by atoms with Crippen molar-refractivity contribution in [3.63, 3.8) is 0 Å². The second kappa shape index (κ2) is 8.08. The average molecular weight is 417 g/mol. The number of hydrogen-bond acceptors (Lipinski definition) is 8. The minimum absolute atomic E-state index is 0.0145. The van der Waals surface area contributed by atoms with Crippen LogP contribution in [0.25, 0.3) is 21.8 Å². The van der Waals surface area contributed by atoms with Crippen LogP contribution < -0.4 is 14.8 Å². The predicted molar refractivity (Wildman–Crippen MR) is 116 cm³/mol. The van der Waals surface area contributed by atoms with Gasteiger partial charge in [-0.1, -0.05) is 12.1 Å². The molecule has 0 unspecified atom stereocenters. The van der Waals surface area contributed by atoms with Crippen LogP contribution in [0.4, 0.5) is 5.95 Å². The Labute approximate surface area is 177 Å². The van der Waals surface area contributed by atoms with E-state index in [1.54, 1.807) is 36.1 Å². The standard InChI is InChI=1S/C22H19N5O2S/c1-14(15-4-5-18-19(11-15)29-9-8-28-18)26-22-25-12-16(17-13-23-6-7-24-17)21(27-22)20-3-2-10-30-20/h2-7,10-14H,8-9H2,1H3,(H,25,26,27)/t14-/m1/s1. The van der Waals surface area contributed by atoms with Crippen LogP contribution >= 0.6 is 11.3 Å². The quantitative estimate of drug-likeness (QED) is 0.508. The third kappa shape index (κ3) is 3.69. The zero-order chi connectivity index (χ0) is 20.3. The lowest BCUT2D eigenvalue weighted by atomic mass is 10.1. The van der Waals surface area contributed by atoms with Crippen LogP contribution in [-0.4, -0.2) is 33.1 Å². The van der Waals surface area contributed by atoms with E-state index >= 15 is 0 Å². The molecule has 4 heterocycles. The van der Waals surface area contributed by atoms with E-state index in [9.17, 15) is 0 Å². The molecule has 0 saturated heterocycles. The highest BCUT2D eigenvalue weighted by molar-refractivity contribution is 7.13. The summed E-state index contributed by atoms with van der Waals surface area (Å²) in [5, 5.41) is 5.43. The van der Waals surface area contributed by atoms with Gasteiger partial charge >= 0.3 is 0 Å². The third-order valence-electron chi connectivity index (χ3n) is 4.79. The zero-order valence-corrected chi connectivity index (χ0v) is 17.1. The molecule has 0 bridgehead atoms. The number of nitrogens with one attached hydrogen (secondary N) is 1. The van der Waals surface area contributed by atoms with Gasteiger partial charge in [0, 0.05) is 24.2 Å². The van der Waals surface area contributed by atoms with Crippen molar-refractivity contribution in [2.24, 2.45) is 0 Å². The van der Waals surface area contributed by atoms with Crippen molar-refractivity contribution in [2.75, 3.05) is 18.5 Å². The number of ether oxygens (including phenoxy) is 2. The van der Waals surface area contributed by atoms with Gasteiger partial charge in [-0.25, -0.2) is 9.97 Å². The minimum Gasteiger partial charge on any atom is -0.486 e. The van der Waals surface area contributed by atoms with E-state index in [4.69, 9.17) is 14.5 Å². The highest BCUT2D eigenvalue weighted by Gasteiger charge is 2.17. The molecule has 0 aliphatic carbocycles. The molecule has 4 aromatic rings. The molecule has 1 aromatic carbocycles. The van der Waals surface area contributed by atoms with Gasteiger partial charge in [-0.2, -0.15) is 0 Å². The summed E-state index contributed by atoms with van der Waals surface area (Å²) in [6.45, 7) is 3.21. The maximum Gasteiger partial charge on any atom is 0.223 e. The van der Waals surface area contributed by atoms with Crippen LogP contribution in [-0.2, 0) is 0 Å². The Morgan fingerprint density at radius 1 is 1.03 bits per heavy atom.